The third-order valence-corrected chi connectivity index (χ3v) is 11.7. The highest BCUT2D eigenvalue weighted by atomic mass is 32.2. The van der Waals surface area contributed by atoms with E-state index in [4.69, 9.17) is 19.3 Å². The highest BCUT2D eigenvalue weighted by Crippen LogP contribution is 2.39. The monoisotopic (exact) mass is 625 g/mol. The van der Waals surface area contributed by atoms with Gasteiger partial charge in [0, 0.05) is 32.7 Å². The van der Waals surface area contributed by atoms with Gasteiger partial charge in [-0.05, 0) is 55.7 Å². The van der Waals surface area contributed by atoms with E-state index < -0.39 is 38.2 Å². The summed E-state index contributed by atoms with van der Waals surface area (Å²) in [4.78, 5) is 2.31. The van der Waals surface area contributed by atoms with Crippen LogP contribution in [0.25, 0.3) is 0 Å². The van der Waals surface area contributed by atoms with Gasteiger partial charge in [0.25, 0.3) is 0 Å². The third-order valence-electron chi connectivity index (χ3n) is 8.12. The molecule has 0 aromatic heterocycles. The Hall–Kier alpha value is -2.46. The second-order valence-electron chi connectivity index (χ2n) is 11.1. The summed E-state index contributed by atoms with van der Waals surface area (Å²) in [5.41, 5.74) is 0.367. The Morgan fingerprint density at radius 2 is 1.88 bits per heavy atom. The third kappa shape index (κ3) is 6.85. The topological polar surface area (TPSA) is 155 Å². The van der Waals surface area contributed by atoms with Crippen molar-refractivity contribution in [1.82, 2.24) is 9.62 Å². The minimum Gasteiger partial charge on any atom is -0.491 e. The van der Waals surface area contributed by atoms with Gasteiger partial charge in [0.15, 0.2) is 9.84 Å². The first-order chi connectivity index (χ1) is 20.0. The van der Waals surface area contributed by atoms with Gasteiger partial charge >= 0.3 is 0 Å². The molecule has 0 bridgehead atoms. The molecule has 3 aliphatic rings. The molecular weight excluding hydrogens is 586 g/mol. The molecule has 0 unspecified atom stereocenters. The number of ether oxygens (including phenoxy) is 3. The number of benzene rings is 2. The summed E-state index contributed by atoms with van der Waals surface area (Å²) in [5.74, 6) is 0.631. The van der Waals surface area contributed by atoms with E-state index in [0.29, 0.717) is 63.6 Å². The predicted octanol–water partition coefficient (Wildman–Crippen LogP) is 0.623. The Labute approximate surface area is 247 Å². The summed E-state index contributed by atoms with van der Waals surface area (Å²) in [5, 5.41) is 22.7. The lowest BCUT2D eigenvalue weighted by molar-refractivity contribution is -0.0312. The fourth-order valence-electron chi connectivity index (χ4n) is 5.65. The molecule has 232 valence electrons. The maximum absolute atomic E-state index is 13.4. The molecule has 2 aromatic carbocycles. The number of sulfonamides is 1. The highest BCUT2D eigenvalue weighted by Gasteiger charge is 2.45. The highest BCUT2D eigenvalue weighted by molar-refractivity contribution is 7.91. The van der Waals surface area contributed by atoms with Crippen molar-refractivity contribution in [2.24, 2.45) is 0 Å². The zero-order chi connectivity index (χ0) is 30.0. The van der Waals surface area contributed by atoms with E-state index in [0.717, 1.165) is 5.69 Å². The largest absolute Gasteiger partial charge is 0.491 e. The molecule has 3 heterocycles. The number of nitrogens with one attached hydrogen (secondary N) is 1. The fraction of sp³-hybridized carbons (Fsp3) is 0.571. The predicted molar refractivity (Wildman–Crippen MR) is 155 cm³/mol. The van der Waals surface area contributed by atoms with Crippen molar-refractivity contribution in [2.75, 3.05) is 70.3 Å². The quantitative estimate of drug-likeness (QED) is 0.322. The lowest BCUT2D eigenvalue weighted by Gasteiger charge is -2.38. The minimum absolute atomic E-state index is 0.00550. The lowest BCUT2D eigenvalue weighted by atomic mass is 9.88. The molecule has 0 amide bonds. The van der Waals surface area contributed by atoms with Crippen LogP contribution in [0.3, 0.4) is 0 Å². The Balaban J connectivity index is 1.08. The molecule has 0 radical (unpaired) electrons. The summed E-state index contributed by atoms with van der Waals surface area (Å²) in [7, 11) is -5.33. The summed E-state index contributed by atoms with van der Waals surface area (Å²) in [6, 6.07) is 11.0. The number of anilines is 1. The van der Waals surface area contributed by atoms with E-state index in [1.54, 1.807) is 30.3 Å². The Kier molecular flexibility index (Phi) is 9.33. The lowest BCUT2D eigenvalue weighted by Crippen LogP contribution is -2.47. The Morgan fingerprint density at radius 1 is 1.10 bits per heavy atom. The van der Waals surface area contributed by atoms with E-state index in [2.05, 4.69) is 5.32 Å². The first-order valence-electron chi connectivity index (χ1n) is 14.1. The Bertz CT molecular complexity index is 1460. The van der Waals surface area contributed by atoms with Gasteiger partial charge in [-0.25, -0.2) is 16.8 Å². The van der Waals surface area contributed by atoms with Crippen LogP contribution in [0.5, 0.6) is 11.5 Å². The molecule has 5 rings (SSSR count). The van der Waals surface area contributed by atoms with Crippen molar-refractivity contribution in [3.8, 4) is 11.5 Å². The Morgan fingerprint density at radius 3 is 2.64 bits per heavy atom. The molecule has 12 nitrogen and oxygen atoms in total. The maximum atomic E-state index is 13.4. The first kappa shape index (κ1) is 31.0. The number of sulfone groups is 1. The summed E-state index contributed by atoms with van der Waals surface area (Å²) in [6.45, 7) is 2.21. The summed E-state index contributed by atoms with van der Waals surface area (Å²) >= 11 is 0. The number of rotatable bonds is 11. The molecule has 1 spiro atoms. The van der Waals surface area contributed by atoms with Crippen LogP contribution in [0.15, 0.2) is 52.3 Å². The van der Waals surface area contributed by atoms with Crippen molar-refractivity contribution in [1.29, 1.82) is 0 Å². The zero-order valence-electron chi connectivity index (χ0n) is 23.6. The molecular formula is C28H39N3O9S2. The van der Waals surface area contributed by atoms with Crippen LogP contribution in [-0.2, 0) is 24.6 Å². The number of nitrogens with zero attached hydrogens (tertiary/aromatic N) is 2. The molecule has 3 N–H and O–H groups in total. The van der Waals surface area contributed by atoms with E-state index in [9.17, 15) is 21.9 Å². The van der Waals surface area contributed by atoms with Gasteiger partial charge in [0.05, 0.1) is 46.6 Å². The average Bonchev–Trinajstić information content (AvgIpc) is 3.37. The number of hydrogen-bond acceptors (Lipinski definition) is 11. The van der Waals surface area contributed by atoms with Gasteiger partial charge in [0.1, 0.15) is 30.8 Å². The van der Waals surface area contributed by atoms with E-state index >= 15 is 0 Å². The molecule has 2 fully saturated rings. The molecule has 0 saturated carbocycles. The van der Waals surface area contributed by atoms with Crippen LogP contribution in [-0.4, -0.2) is 115 Å². The maximum Gasteiger partial charge on any atom is 0.243 e. The van der Waals surface area contributed by atoms with Gasteiger partial charge < -0.3 is 34.6 Å². The van der Waals surface area contributed by atoms with Crippen LogP contribution in [0.4, 0.5) is 5.69 Å². The zero-order valence-corrected chi connectivity index (χ0v) is 25.3. The number of likely N-dealkylation sites (N-methyl/N-ethyl adjacent to an activating group) is 1. The minimum atomic E-state index is -3.65. The molecule has 42 heavy (non-hydrogen) atoms. The normalized spacial score (nSPS) is 21.6. The van der Waals surface area contributed by atoms with Crippen molar-refractivity contribution < 1.29 is 41.3 Å². The SMILES string of the molecule is CN1CCOc2ccc(S(=O)(=O)N3CCC4(CC3)C[C@@H](NC[C@H](O)COc3cccc(S(=O)(=O)CCO)c3)CO4)cc21. The molecule has 2 aromatic rings. The smallest absolute Gasteiger partial charge is 0.243 e. The van der Waals surface area contributed by atoms with E-state index in [1.807, 2.05) is 11.9 Å². The fourth-order valence-corrected chi connectivity index (χ4v) is 8.17. The van der Waals surface area contributed by atoms with Gasteiger partial charge in [-0.15, -0.1) is 0 Å². The van der Waals surface area contributed by atoms with Crippen molar-refractivity contribution in [3.63, 3.8) is 0 Å². The van der Waals surface area contributed by atoms with Crippen LogP contribution < -0.4 is 19.7 Å². The molecule has 2 atom stereocenters. The van der Waals surface area contributed by atoms with Crippen molar-refractivity contribution in [3.05, 3.63) is 42.5 Å². The standard InChI is InChI=1S/C28H39N3O9S2/c1-30-11-13-38-27-6-5-25(16-26(27)30)42(36,37)31-9-7-28(8-10-31)17-21(19-40-28)29-18-22(33)20-39-23-3-2-4-24(15-23)41(34,35)14-12-32/h2-6,15-16,21-22,29,32-33H,7-14,17-20H2,1H3/t21-,22+/m1/s1. The van der Waals surface area contributed by atoms with Crippen LogP contribution in [0, 0.1) is 0 Å². The van der Waals surface area contributed by atoms with Gasteiger partial charge in [-0.3, -0.25) is 0 Å². The van der Waals surface area contributed by atoms with Gasteiger partial charge in [-0.1, -0.05) is 6.07 Å². The van der Waals surface area contributed by atoms with Gasteiger partial charge in [0.2, 0.25) is 10.0 Å². The number of hydrogen-bond donors (Lipinski definition) is 3. The molecule has 2 saturated heterocycles. The average molecular weight is 626 g/mol. The number of piperidine rings is 1. The van der Waals surface area contributed by atoms with Crippen molar-refractivity contribution in [2.45, 2.75) is 46.8 Å². The number of fused-ring (bicyclic) bond motifs is 1. The molecule has 0 aliphatic carbocycles. The summed E-state index contributed by atoms with van der Waals surface area (Å²) < 4.78 is 70.1. The second kappa shape index (κ2) is 12.6. The molecule has 3 aliphatic heterocycles. The number of aliphatic hydroxyl groups is 2. The van der Waals surface area contributed by atoms with Crippen LogP contribution in [0.2, 0.25) is 0 Å². The van der Waals surface area contributed by atoms with Crippen LogP contribution >= 0.6 is 0 Å². The van der Waals surface area contributed by atoms with Crippen LogP contribution in [0.1, 0.15) is 19.3 Å². The second-order valence-corrected chi connectivity index (χ2v) is 15.1. The number of aliphatic hydroxyl groups excluding tert-OH is 2. The van der Waals surface area contributed by atoms with Crippen molar-refractivity contribution >= 4 is 25.5 Å². The van der Waals surface area contributed by atoms with E-state index in [1.165, 1.54) is 16.4 Å². The first-order valence-corrected chi connectivity index (χ1v) is 17.2. The van der Waals surface area contributed by atoms with Gasteiger partial charge in [-0.2, -0.15) is 4.31 Å². The van der Waals surface area contributed by atoms with E-state index in [-0.39, 0.29) is 34.7 Å². The molecule has 14 heteroatoms. The summed E-state index contributed by atoms with van der Waals surface area (Å²) in [6.07, 6.45) is 1.03.